The highest BCUT2D eigenvalue weighted by Gasteiger charge is 2.35. The number of fused-ring (bicyclic) bond motifs is 2. The van der Waals surface area contributed by atoms with E-state index in [0.717, 1.165) is 11.2 Å². The molecule has 4 aromatic heterocycles. The number of alkyl halides is 3. The molecule has 202 valence electrons. The summed E-state index contributed by atoms with van der Waals surface area (Å²) >= 11 is 0. The van der Waals surface area contributed by atoms with Crippen molar-refractivity contribution in [2.24, 2.45) is 0 Å². The van der Waals surface area contributed by atoms with E-state index in [1.807, 2.05) is 19.9 Å². The molecule has 6 heterocycles. The molecule has 0 amide bonds. The van der Waals surface area contributed by atoms with Crippen LogP contribution in [0.3, 0.4) is 0 Å². The Balaban J connectivity index is 1.32. The highest BCUT2D eigenvalue weighted by atomic mass is 19.3. The predicted octanol–water partition coefficient (Wildman–Crippen LogP) is 2.84. The van der Waals surface area contributed by atoms with E-state index in [2.05, 4.69) is 35.9 Å². The summed E-state index contributed by atoms with van der Waals surface area (Å²) < 4.78 is 49.1. The molecule has 0 aliphatic carbocycles. The van der Waals surface area contributed by atoms with Crippen LogP contribution in [0.1, 0.15) is 20.3 Å². The van der Waals surface area contributed by atoms with E-state index in [-0.39, 0.29) is 11.7 Å². The molecule has 38 heavy (non-hydrogen) atoms. The number of hydrogen-bond acceptors (Lipinski definition) is 9. The van der Waals surface area contributed by atoms with Crippen molar-refractivity contribution < 1.29 is 17.9 Å². The topological polar surface area (TPSA) is 110 Å². The van der Waals surface area contributed by atoms with Crippen molar-refractivity contribution in [1.82, 2.24) is 39.5 Å². The Morgan fingerprint density at radius 2 is 2.00 bits per heavy atom. The zero-order valence-electron chi connectivity index (χ0n) is 21.1. The maximum Gasteiger partial charge on any atom is 0.258 e. The monoisotopic (exact) mass is 530 g/mol. The zero-order valence-corrected chi connectivity index (χ0v) is 21.1. The van der Waals surface area contributed by atoms with Gasteiger partial charge in [0.15, 0.2) is 11.5 Å². The molecular formula is C24H29F3N10O. The van der Waals surface area contributed by atoms with Gasteiger partial charge in [-0.1, -0.05) is 5.21 Å². The van der Waals surface area contributed by atoms with Crippen LogP contribution < -0.4 is 10.6 Å². The van der Waals surface area contributed by atoms with Gasteiger partial charge in [-0.3, -0.25) is 4.90 Å². The van der Waals surface area contributed by atoms with Gasteiger partial charge in [0.1, 0.15) is 23.7 Å². The number of halogens is 3. The smallest absolute Gasteiger partial charge is 0.258 e. The Hall–Kier alpha value is -3.52. The highest BCUT2D eigenvalue weighted by molar-refractivity contribution is 5.89. The second-order valence-corrected chi connectivity index (χ2v) is 10.0. The third-order valence-corrected chi connectivity index (χ3v) is 6.91. The van der Waals surface area contributed by atoms with E-state index in [1.165, 1.54) is 0 Å². The summed E-state index contributed by atoms with van der Waals surface area (Å²) in [6.45, 7) is 5.85. The third-order valence-electron chi connectivity index (χ3n) is 6.91. The average Bonchev–Trinajstić information content (AvgIpc) is 3.43. The van der Waals surface area contributed by atoms with Crippen LogP contribution >= 0.6 is 0 Å². The molecule has 14 heteroatoms. The molecule has 0 saturated carbocycles. The van der Waals surface area contributed by atoms with Crippen LogP contribution in [0.15, 0.2) is 24.4 Å². The molecule has 2 aliphatic heterocycles. The van der Waals surface area contributed by atoms with E-state index >= 15 is 4.39 Å². The Labute approximate surface area is 216 Å². The number of anilines is 2. The van der Waals surface area contributed by atoms with Crippen molar-refractivity contribution in [3.05, 3.63) is 24.4 Å². The van der Waals surface area contributed by atoms with Gasteiger partial charge in [0.05, 0.1) is 31.0 Å². The molecule has 2 saturated heterocycles. The van der Waals surface area contributed by atoms with Crippen LogP contribution in [0.2, 0.25) is 0 Å². The maximum absolute atomic E-state index is 15.1. The summed E-state index contributed by atoms with van der Waals surface area (Å²) in [6, 6.07) is 5.26. The van der Waals surface area contributed by atoms with Crippen LogP contribution in [-0.2, 0) is 11.3 Å². The van der Waals surface area contributed by atoms with Gasteiger partial charge < -0.3 is 15.4 Å². The average molecular weight is 531 g/mol. The number of nitrogens with one attached hydrogen (secondary N) is 2. The van der Waals surface area contributed by atoms with Gasteiger partial charge in [-0.2, -0.15) is 4.98 Å². The van der Waals surface area contributed by atoms with Crippen molar-refractivity contribution in [2.75, 3.05) is 36.9 Å². The second kappa shape index (κ2) is 9.98. The summed E-state index contributed by atoms with van der Waals surface area (Å²) in [5, 5.41) is 18.9. The minimum absolute atomic E-state index is 0.0540. The van der Waals surface area contributed by atoms with Crippen molar-refractivity contribution in [3.63, 3.8) is 0 Å². The minimum Gasteiger partial charge on any atom is -0.378 e. The minimum atomic E-state index is -2.58. The van der Waals surface area contributed by atoms with E-state index in [0.29, 0.717) is 66.3 Å². The number of likely N-dealkylation sites (tertiary alicyclic amines) is 1. The first-order chi connectivity index (χ1) is 18.4. The molecule has 11 nitrogen and oxygen atoms in total. The Kier molecular flexibility index (Phi) is 6.51. The maximum atomic E-state index is 15.1. The largest absolute Gasteiger partial charge is 0.378 e. The van der Waals surface area contributed by atoms with Gasteiger partial charge >= 0.3 is 0 Å². The Morgan fingerprint density at radius 1 is 1.16 bits per heavy atom. The summed E-state index contributed by atoms with van der Waals surface area (Å²) in [6.07, 6.45) is -1.23. The number of ether oxygens (including phenoxy) is 1. The normalized spacial score (nSPS) is 21.0. The fraction of sp³-hybridized carbons (Fsp3) is 0.542. The summed E-state index contributed by atoms with van der Waals surface area (Å²) in [5.74, 6) is 0.872. The van der Waals surface area contributed by atoms with Gasteiger partial charge in [0.25, 0.3) is 6.43 Å². The van der Waals surface area contributed by atoms with Crippen molar-refractivity contribution in [2.45, 2.75) is 57.5 Å². The van der Waals surface area contributed by atoms with Crippen LogP contribution in [0.25, 0.3) is 27.9 Å². The fourth-order valence-corrected chi connectivity index (χ4v) is 4.95. The molecule has 0 unspecified atom stereocenters. The molecular weight excluding hydrogens is 501 g/mol. The van der Waals surface area contributed by atoms with Crippen LogP contribution in [0.4, 0.5) is 24.9 Å². The first-order valence-electron chi connectivity index (χ1n) is 12.7. The molecule has 2 fully saturated rings. The molecule has 0 spiro atoms. The van der Waals surface area contributed by atoms with Gasteiger partial charge in [-0.25, -0.2) is 27.4 Å². The molecule has 2 atom stereocenters. The first kappa shape index (κ1) is 24.8. The molecule has 6 rings (SSSR count). The molecule has 2 aliphatic rings. The lowest BCUT2D eigenvalue weighted by Crippen LogP contribution is -2.57. The lowest BCUT2D eigenvalue weighted by atomic mass is 10.0. The number of pyridine rings is 1. The van der Waals surface area contributed by atoms with Crippen molar-refractivity contribution >= 4 is 28.4 Å². The molecule has 0 aromatic carbocycles. The number of piperidine rings is 1. The quantitative estimate of drug-likeness (QED) is 0.355. The van der Waals surface area contributed by atoms with Crippen molar-refractivity contribution in [3.8, 4) is 11.3 Å². The lowest BCUT2D eigenvalue weighted by Gasteiger charge is -2.42. The van der Waals surface area contributed by atoms with Crippen molar-refractivity contribution in [1.29, 1.82) is 0 Å². The van der Waals surface area contributed by atoms with Gasteiger partial charge in [0.2, 0.25) is 5.95 Å². The third kappa shape index (κ3) is 4.73. The van der Waals surface area contributed by atoms with E-state index in [4.69, 9.17) is 9.72 Å². The first-order valence-corrected chi connectivity index (χ1v) is 12.7. The fourth-order valence-electron chi connectivity index (χ4n) is 4.95. The van der Waals surface area contributed by atoms with E-state index in [9.17, 15) is 8.78 Å². The standard InChI is InChI=1S/C24H29F3N10O/c1-13(2)28-22-21-15(17-3-4-19-23(29-17)37(34-32-19)10-20(26)27)5-8-36(21)33-24(31-22)30-18-6-7-35(9-16(18)25)14-11-38-12-14/h3-5,8,13-14,16,18,20H,6-7,9-12H2,1-2H3,(H2,28,30,31,33)/t16-,18+/m1/s1. The summed E-state index contributed by atoms with van der Waals surface area (Å²) in [5.41, 5.74) is 2.63. The van der Waals surface area contributed by atoms with Gasteiger partial charge in [0, 0.05) is 30.9 Å². The zero-order chi connectivity index (χ0) is 26.4. The van der Waals surface area contributed by atoms with Crippen LogP contribution in [0.5, 0.6) is 0 Å². The predicted molar refractivity (Wildman–Crippen MR) is 135 cm³/mol. The Morgan fingerprint density at radius 3 is 2.71 bits per heavy atom. The summed E-state index contributed by atoms with van der Waals surface area (Å²) in [7, 11) is 0. The number of rotatable bonds is 8. The SMILES string of the molecule is CC(C)Nc1nc(N[C@H]2CCN(C3COC3)C[C@H]2F)nn2ccc(-c3ccc4nnn(CC(F)F)c4n3)c12. The van der Waals surface area contributed by atoms with Gasteiger partial charge in [-0.15, -0.1) is 10.2 Å². The van der Waals surface area contributed by atoms with Gasteiger partial charge in [-0.05, 0) is 38.5 Å². The molecule has 4 aromatic rings. The molecule has 2 N–H and O–H groups in total. The number of aromatic nitrogens is 7. The number of hydrogen-bond donors (Lipinski definition) is 2. The summed E-state index contributed by atoms with van der Waals surface area (Å²) in [4.78, 5) is 11.4. The molecule has 0 radical (unpaired) electrons. The van der Waals surface area contributed by atoms with E-state index in [1.54, 1.807) is 22.8 Å². The van der Waals surface area contributed by atoms with Crippen LogP contribution in [0, 0.1) is 0 Å². The second-order valence-electron chi connectivity index (χ2n) is 10.0. The number of nitrogens with zero attached hydrogens (tertiary/aromatic N) is 8. The molecule has 0 bridgehead atoms. The highest BCUT2D eigenvalue weighted by Crippen LogP contribution is 2.31. The van der Waals surface area contributed by atoms with Crippen LogP contribution in [-0.4, -0.2) is 96.5 Å². The van der Waals surface area contributed by atoms with E-state index < -0.39 is 25.2 Å². The Bertz CT molecular complexity index is 1440. The lowest BCUT2D eigenvalue weighted by molar-refractivity contribution is -0.0794.